The molecule has 0 unspecified atom stereocenters. The summed E-state index contributed by atoms with van der Waals surface area (Å²) in [6.45, 7) is 2.44. The molecule has 20 heavy (non-hydrogen) atoms. The van der Waals surface area contributed by atoms with E-state index in [1.165, 1.54) is 12.1 Å². The SMILES string of the molecule is COc1cc(CNc2cc([N+](=O)[O-])ccc2C)ccn1. The number of nitro groups is 1. The summed E-state index contributed by atoms with van der Waals surface area (Å²) < 4.78 is 5.05. The summed E-state index contributed by atoms with van der Waals surface area (Å²) in [5.41, 5.74) is 2.76. The minimum absolute atomic E-state index is 0.0745. The summed E-state index contributed by atoms with van der Waals surface area (Å²) in [7, 11) is 1.56. The Hall–Kier alpha value is -2.63. The van der Waals surface area contributed by atoms with E-state index in [4.69, 9.17) is 4.74 Å². The Morgan fingerprint density at radius 1 is 1.35 bits per heavy atom. The average molecular weight is 273 g/mol. The van der Waals surface area contributed by atoms with Crippen molar-refractivity contribution in [1.82, 2.24) is 4.98 Å². The van der Waals surface area contributed by atoms with E-state index in [0.29, 0.717) is 12.4 Å². The number of rotatable bonds is 5. The molecular formula is C14H15N3O3. The number of methoxy groups -OCH3 is 1. The Kier molecular flexibility index (Phi) is 4.14. The van der Waals surface area contributed by atoms with Crippen LogP contribution in [0, 0.1) is 17.0 Å². The van der Waals surface area contributed by atoms with Crippen LogP contribution < -0.4 is 10.1 Å². The topological polar surface area (TPSA) is 77.3 Å². The van der Waals surface area contributed by atoms with Crippen molar-refractivity contribution < 1.29 is 9.66 Å². The molecule has 1 heterocycles. The lowest BCUT2D eigenvalue weighted by molar-refractivity contribution is -0.384. The number of anilines is 1. The van der Waals surface area contributed by atoms with Gasteiger partial charge in [-0.15, -0.1) is 0 Å². The van der Waals surface area contributed by atoms with Crippen LogP contribution in [-0.2, 0) is 6.54 Å². The Balaban J connectivity index is 2.13. The lowest BCUT2D eigenvalue weighted by Gasteiger charge is -2.10. The molecule has 0 aliphatic rings. The second-order valence-corrected chi connectivity index (χ2v) is 4.32. The molecule has 1 aromatic carbocycles. The van der Waals surface area contributed by atoms with Gasteiger partial charge in [-0.1, -0.05) is 6.07 Å². The Morgan fingerprint density at radius 3 is 2.85 bits per heavy atom. The van der Waals surface area contributed by atoms with Gasteiger partial charge >= 0.3 is 0 Å². The molecule has 2 aromatic rings. The zero-order valence-corrected chi connectivity index (χ0v) is 11.3. The van der Waals surface area contributed by atoms with Gasteiger partial charge in [-0.05, 0) is 24.1 Å². The van der Waals surface area contributed by atoms with Crippen LogP contribution in [-0.4, -0.2) is 17.0 Å². The maximum atomic E-state index is 10.8. The van der Waals surface area contributed by atoms with Crippen molar-refractivity contribution in [3.8, 4) is 5.88 Å². The summed E-state index contributed by atoms with van der Waals surface area (Å²) in [6.07, 6.45) is 1.66. The first-order chi connectivity index (χ1) is 9.60. The molecule has 0 aliphatic heterocycles. The number of nitrogens with zero attached hydrogens (tertiary/aromatic N) is 2. The molecule has 0 amide bonds. The molecule has 0 fully saturated rings. The summed E-state index contributed by atoms with van der Waals surface area (Å²) in [6, 6.07) is 8.44. The van der Waals surface area contributed by atoms with Crippen LogP contribution in [0.2, 0.25) is 0 Å². The number of nitrogens with one attached hydrogen (secondary N) is 1. The minimum Gasteiger partial charge on any atom is -0.481 e. The zero-order chi connectivity index (χ0) is 14.5. The first kappa shape index (κ1) is 13.8. The first-order valence-electron chi connectivity index (χ1n) is 6.08. The predicted octanol–water partition coefficient (Wildman–Crippen LogP) is 2.92. The van der Waals surface area contributed by atoms with E-state index in [-0.39, 0.29) is 5.69 Å². The lowest BCUT2D eigenvalue weighted by Crippen LogP contribution is -2.02. The monoisotopic (exact) mass is 273 g/mol. The third-order valence-electron chi connectivity index (χ3n) is 2.92. The molecule has 104 valence electrons. The maximum absolute atomic E-state index is 10.8. The molecule has 0 aliphatic carbocycles. The van der Waals surface area contributed by atoms with E-state index >= 15 is 0 Å². The molecule has 0 saturated heterocycles. The highest BCUT2D eigenvalue weighted by Gasteiger charge is 2.08. The Bertz CT molecular complexity index is 629. The van der Waals surface area contributed by atoms with Gasteiger partial charge in [-0.25, -0.2) is 4.98 Å². The van der Waals surface area contributed by atoms with Gasteiger partial charge in [0.15, 0.2) is 0 Å². The van der Waals surface area contributed by atoms with Crippen molar-refractivity contribution in [2.45, 2.75) is 13.5 Å². The molecule has 1 aromatic heterocycles. The van der Waals surface area contributed by atoms with Gasteiger partial charge in [0, 0.05) is 36.6 Å². The fourth-order valence-corrected chi connectivity index (χ4v) is 1.78. The van der Waals surface area contributed by atoms with Crippen molar-refractivity contribution in [3.05, 3.63) is 57.8 Å². The number of benzene rings is 1. The van der Waals surface area contributed by atoms with Gasteiger partial charge in [0.1, 0.15) is 0 Å². The summed E-state index contributed by atoms with van der Waals surface area (Å²) in [4.78, 5) is 14.4. The molecule has 0 spiro atoms. The molecule has 6 heteroatoms. The third kappa shape index (κ3) is 3.23. The largest absolute Gasteiger partial charge is 0.481 e. The van der Waals surface area contributed by atoms with Crippen molar-refractivity contribution in [1.29, 1.82) is 0 Å². The Morgan fingerprint density at radius 2 is 2.15 bits per heavy atom. The first-order valence-corrected chi connectivity index (χ1v) is 6.08. The highest BCUT2D eigenvalue weighted by Crippen LogP contribution is 2.22. The van der Waals surface area contributed by atoms with Crippen molar-refractivity contribution in [2.24, 2.45) is 0 Å². The van der Waals surface area contributed by atoms with Crippen LogP contribution >= 0.6 is 0 Å². The van der Waals surface area contributed by atoms with Crippen molar-refractivity contribution >= 4 is 11.4 Å². The molecule has 6 nitrogen and oxygen atoms in total. The highest BCUT2D eigenvalue weighted by molar-refractivity contribution is 5.57. The Labute approximate surface area is 116 Å². The fraction of sp³-hybridized carbons (Fsp3) is 0.214. The maximum Gasteiger partial charge on any atom is 0.271 e. The lowest BCUT2D eigenvalue weighted by atomic mass is 10.1. The van der Waals surface area contributed by atoms with Gasteiger partial charge in [-0.2, -0.15) is 0 Å². The van der Waals surface area contributed by atoms with Gasteiger partial charge < -0.3 is 10.1 Å². The number of aromatic nitrogens is 1. The molecular weight excluding hydrogens is 258 g/mol. The normalized spacial score (nSPS) is 10.1. The third-order valence-corrected chi connectivity index (χ3v) is 2.92. The standard InChI is InChI=1S/C14H15N3O3/c1-10-3-4-12(17(18)19)8-13(10)16-9-11-5-6-15-14(7-11)20-2/h3-8,16H,9H2,1-2H3. The molecule has 1 N–H and O–H groups in total. The van der Waals surface area contributed by atoms with Gasteiger partial charge in [0.2, 0.25) is 5.88 Å². The van der Waals surface area contributed by atoms with E-state index < -0.39 is 4.92 Å². The smallest absolute Gasteiger partial charge is 0.271 e. The zero-order valence-electron chi connectivity index (χ0n) is 11.3. The second kappa shape index (κ2) is 6.01. The van der Waals surface area contributed by atoms with Crippen molar-refractivity contribution in [3.63, 3.8) is 0 Å². The van der Waals surface area contributed by atoms with Gasteiger partial charge in [0.25, 0.3) is 5.69 Å². The van der Waals surface area contributed by atoms with E-state index in [1.807, 2.05) is 19.1 Å². The number of hydrogen-bond acceptors (Lipinski definition) is 5. The van der Waals surface area contributed by atoms with Crippen molar-refractivity contribution in [2.75, 3.05) is 12.4 Å². The molecule has 0 atom stereocenters. The molecule has 0 radical (unpaired) electrons. The van der Waals surface area contributed by atoms with E-state index in [1.54, 1.807) is 19.4 Å². The highest BCUT2D eigenvalue weighted by atomic mass is 16.6. The van der Waals surface area contributed by atoms with Gasteiger partial charge in [0.05, 0.1) is 12.0 Å². The van der Waals surface area contributed by atoms with Crippen LogP contribution in [0.1, 0.15) is 11.1 Å². The van der Waals surface area contributed by atoms with Crippen LogP contribution in [0.15, 0.2) is 36.5 Å². The van der Waals surface area contributed by atoms with Crippen LogP contribution in [0.3, 0.4) is 0 Å². The second-order valence-electron chi connectivity index (χ2n) is 4.32. The van der Waals surface area contributed by atoms with E-state index in [9.17, 15) is 10.1 Å². The van der Waals surface area contributed by atoms with Crippen LogP contribution in [0.4, 0.5) is 11.4 Å². The molecule has 0 bridgehead atoms. The average Bonchev–Trinajstić information content (AvgIpc) is 2.46. The number of ether oxygens (including phenoxy) is 1. The summed E-state index contributed by atoms with van der Waals surface area (Å²) in [5.74, 6) is 0.542. The quantitative estimate of drug-likeness (QED) is 0.669. The minimum atomic E-state index is -0.403. The number of nitro benzene ring substituents is 1. The number of non-ortho nitro benzene ring substituents is 1. The van der Waals surface area contributed by atoms with Crippen LogP contribution in [0.5, 0.6) is 5.88 Å². The number of hydrogen-bond donors (Lipinski definition) is 1. The van der Waals surface area contributed by atoms with E-state index in [2.05, 4.69) is 10.3 Å². The summed E-state index contributed by atoms with van der Waals surface area (Å²) in [5, 5.41) is 14.0. The number of pyridine rings is 1. The predicted molar refractivity (Wildman–Crippen MR) is 75.9 cm³/mol. The molecule has 0 saturated carbocycles. The summed E-state index contributed by atoms with van der Waals surface area (Å²) >= 11 is 0. The van der Waals surface area contributed by atoms with Crippen LogP contribution in [0.25, 0.3) is 0 Å². The molecule has 2 rings (SSSR count). The van der Waals surface area contributed by atoms with E-state index in [0.717, 1.165) is 16.8 Å². The van der Waals surface area contributed by atoms with Gasteiger partial charge in [-0.3, -0.25) is 10.1 Å². The number of aryl methyl sites for hydroxylation is 1. The fourth-order valence-electron chi connectivity index (χ4n) is 1.78.